The third-order valence-electron chi connectivity index (χ3n) is 6.58. The Morgan fingerprint density at radius 1 is 1.12 bits per heavy atom. The van der Waals surface area contributed by atoms with Gasteiger partial charge < -0.3 is 19.6 Å². The van der Waals surface area contributed by atoms with Crippen molar-refractivity contribution in [2.24, 2.45) is 0 Å². The summed E-state index contributed by atoms with van der Waals surface area (Å²) in [4.78, 5) is 15.4. The van der Waals surface area contributed by atoms with Gasteiger partial charge in [0.1, 0.15) is 0 Å². The number of nitrogens with zero attached hydrogens (tertiary/aromatic N) is 4. The summed E-state index contributed by atoms with van der Waals surface area (Å²) in [6.07, 6.45) is 2.56. The Morgan fingerprint density at radius 3 is 2.10 bits per heavy atom. The Hall–Kier alpha value is -1.44. The fourth-order valence-corrected chi connectivity index (χ4v) is 5.61. The number of ether oxygens (including phenoxy) is 1. The Bertz CT molecular complexity index is 879. The molecule has 3 rings (SSSR count). The molecule has 0 bridgehead atoms. The van der Waals surface area contributed by atoms with Crippen LogP contribution in [-0.4, -0.2) is 111 Å². The Labute approximate surface area is 247 Å². The number of halogens is 3. The first-order valence-corrected chi connectivity index (χ1v) is 15.5. The van der Waals surface area contributed by atoms with Gasteiger partial charge in [0.15, 0.2) is 5.60 Å². The van der Waals surface area contributed by atoms with E-state index >= 15 is 0 Å². The molecule has 2 fully saturated rings. The molecule has 2 unspecified atom stereocenters. The number of morpholine rings is 1. The first-order chi connectivity index (χ1) is 18.8. The number of benzene rings is 1. The van der Waals surface area contributed by atoms with Crippen LogP contribution in [0, 0.1) is 0 Å². The van der Waals surface area contributed by atoms with Crippen LogP contribution in [0.15, 0.2) is 34.6 Å². The summed E-state index contributed by atoms with van der Waals surface area (Å²) in [6.45, 7) is 11.4. The Kier molecular flexibility index (Phi) is 16.6. The van der Waals surface area contributed by atoms with Gasteiger partial charge in [-0.15, -0.1) is 11.8 Å². The second-order valence-electron chi connectivity index (χ2n) is 9.95. The van der Waals surface area contributed by atoms with E-state index in [2.05, 4.69) is 47.3 Å². The first kappa shape index (κ1) is 36.6. The van der Waals surface area contributed by atoms with Crippen LogP contribution in [0.25, 0.3) is 0 Å². The molecule has 7 nitrogen and oxygen atoms in total. The molecule has 2 aliphatic heterocycles. The number of carbonyl (C=O) groups excluding carboxylic acids is 1. The van der Waals surface area contributed by atoms with E-state index < -0.39 is 11.8 Å². The zero-order chi connectivity index (χ0) is 30.3. The lowest BCUT2D eigenvalue weighted by Gasteiger charge is -2.36. The number of allylic oxidation sites excluding steroid dienone is 1. The van der Waals surface area contributed by atoms with Gasteiger partial charge in [0, 0.05) is 58.5 Å². The van der Waals surface area contributed by atoms with Crippen molar-refractivity contribution >= 4 is 35.8 Å². The van der Waals surface area contributed by atoms with Crippen LogP contribution in [0.1, 0.15) is 39.2 Å². The average molecular weight is 609 g/mol. The van der Waals surface area contributed by atoms with E-state index in [0.29, 0.717) is 6.04 Å². The Morgan fingerprint density at radius 2 is 1.70 bits per heavy atom. The van der Waals surface area contributed by atoms with Crippen molar-refractivity contribution in [2.45, 2.75) is 51.4 Å². The SMILES string of the molecule is CC/C=C(\SC)SN1CCN(c2ccc(C(C)(O)C(F)(F)F)cc2)CC1.CCC1COCCN1C.CN(C)C=O. The maximum Gasteiger partial charge on any atom is 0.421 e. The zero-order valence-corrected chi connectivity index (χ0v) is 26.5. The number of carbonyl (C=O) groups is 1. The third-order valence-corrected chi connectivity index (χ3v) is 8.84. The predicted octanol–water partition coefficient (Wildman–Crippen LogP) is 5.27. The van der Waals surface area contributed by atoms with Gasteiger partial charge >= 0.3 is 6.18 Å². The maximum atomic E-state index is 12.9. The third kappa shape index (κ3) is 12.2. The molecule has 2 atom stereocenters. The number of likely N-dealkylation sites (N-methyl/N-ethyl adjacent to an activating group) is 1. The molecule has 2 heterocycles. The number of alkyl halides is 3. The number of piperazine rings is 1. The quantitative estimate of drug-likeness (QED) is 0.317. The highest BCUT2D eigenvalue weighted by atomic mass is 32.2. The number of hydrogen-bond donors (Lipinski definition) is 1. The Balaban J connectivity index is 0.000000467. The highest BCUT2D eigenvalue weighted by Crippen LogP contribution is 2.39. The summed E-state index contributed by atoms with van der Waals surface area (Å²) in [5, 5.41) is 9.75. The first-order valence-electron chi connectivity index (χ1n) is 13.5. The molecule has 40 heavy (non-hydrogen) atoms. The summed E-state index contributed by atoms with van der Waals surface area (Å²) in [5.41, 5.74) is -2.09. The van der Waals surface area contributed by atoms with Crippen LogP contribution in [0.2, 0.25) is 0 Å². The minimum absolute atomic E-state index is 0.141. The number of aliphatic hydroxyl groups is 1. The molecule has 0 saturated carbocycles. The largest absolute Gasteiger partial charge is 0.421 e. The van der Waals surface area contributed by atoms with Gasteiger partial charge in [0.05, 0.1) is 17.5 Å². The van der Waals surface area contributed by atoms with Crippen LogP contribution in [0.5, 0.6) is 0 Å². The summed E-state index contributed by atoms with van der Waals surface area (Å²) in [6, 6.07) is 6.70. The molecule has 2 saturated heterocycles. The van der Waals surface area contributed by atoms with Crippen LogP contribution in [-0.2, 0) is 15.1 Å². The molecule has 12 heteroatoms. The number of thioether (sulfide) groups is 1. The smallest absolute Gasteiger partial charge is 0.378 e. The molecular formula is C28H47F3N4O3S2. The van der Waals surface area contributed by atoms with E-state index in [1.165, 1.54) is 27.7 Å². The molecule has 0 aliphatic carbocycles. The van der Waals surface area contributed by atoms with Gasteiger partial charge in [-0.05, 0) is 62.7 Å². The van der Waals surface area contributed by atoms with E-state index in [9.17, 15) is 23.1 Å². The molecule has 1 N–H and O–H groups in total. The second kappa shape index (κ2) is 18.2. The maximum absolute atomic E-state index is 12.9. The van der Waals surface area contributed by atoms with Gasteiger partial charge in [-0.25, -0.2) is 4.31 Å². The number of anilines is 1. The van der Waals surface area contributed by atoms with E-state index in [4.69, 9.17) is 4.74 Å². The number of rotatable bonds is 8. The molecular weight excluding hydrogens is 561 g/mol. The van der Waals surface area contributed by atoms with Gasteiger partial charge in [0.2, 0.25) is 6.41 Å². The van der Waals surface area contributed by atoms with Gasteiger partial charge in [0.25, 0.3) is 0 Å². The summed E-state index contributed by atoms with van der Waals surface area (Å²) >= 11 is 3.51. The highest BCUT2D eigenvalue weighted by molar-refractivity contribution is 8.20. The van der Waals surface area contributed by atoms with Crippen molar-refractivity contribution in [2.75, 3.05) is 78.2 Å². The fourth-order valence-electron chi connectivity index (χ4n) is 3.82. The van der Waals surface area contributed by atoms with E-state index in [1.54, 1.807) is 49.9 Å². The summed E-state index contributed by atoms with van der Waals surface area (Å²) < 4.78 is 47.7. The standard InChI is InChI=1S/C18H25F3N2OS2.C7H15NO.C3H7NO/c1-4-5-16(25-3)26-23-12-10-22(11-13-23)15-8-6-14(7-9-15)17(2,24)18(19,20)21;1-3-7-6-9-5-4-8(7)2;1-4(2)3-5/h5-9,24H,4,10-13H2,1-3H3;7H,3-6H2,1-2H3;3H,1-2H3/b16-5+;;. The molecule has 0 radical (unpaired) electrons. The monoisotopic (exact) mass is 608 g/mol. The summed E-state index contributed by atoms with van der Waals surface area (Å²) in [5.74, 6) is 0. The van der Waals surface area contributed by atoms with Crippen molar-refractivity contribution < 1.29 is 27.8 Å². The molecule has 1 aromatic carbocycles. The van der Waals surface area contributed by atoms with Crippen LogP contribution in [0.4, 0.5) is 18.9 Å². The van der Waals surface area contributed by atoms with Crippen molar-refractivity contribution in [1.29, 1.82) is 0 Å². The lowest BCUT2D eigenvalue weighted by atomic mass is 9.95. The van der Waals surface area contributed by atoms with E-state index in [0.717, 1.165) is 71.4 Å². The molecule has 0 spiro atoms. The topological polar surface area (TPSA) is 59.5 Å². The van der Waals surface area contributed by atoms with Crippen molar-refractivity contribution in [3.05, 3.63) is 40.1 Å². The minimum Gasteiger partial charge on any atom is -0.378 e. The zero-order valence-electron chi connectivity index (χ0n) is 24.9. The molecule has 0 aromatic heterocycles. The van der Waals surface area contributed by atoms with Crippen LogP contribution >= 0.6 is 23.7 Å². The van der Waals surface area contributed by atoms with E-state index in [-0.39, 0.29) is 5.56 Å². The molecule has 1 aromatic rings. The lowest BCUT2D eigenvalue weighted by molar-refractivity contribution is -0.258. The fraction of sp³-hybridized carbons (Fsp3) is 0.679. The van der Waals surface area contributed by atoms with Crippen LogP contribution < -0.4 is 4.90 Å². The van der Waals surface area contributed by atoms with Gasteiger partial charge in [-0.1, -0.05) is 32.1 Å². The predicted molar refractivity (Wildman–Crippen MR) is 163 cm³/mol. The number of amides is 1. The normalized spacial score (nSPS) is 20.4. The van der Waals surface area contributed by atoms with E-state index in [1.807, 2.05) is 0 Å². The summed E-state index contributed by atoms with van der Waals surface area (Å²) in [7, 11) is 5.54. The minimum atomic E-state index is -4.70. The van der Waals surface area contributed by atoms with Gasteiger partial charge in [-0.2, -0.15) is 13.2 Å². The number of hydrogen-bond acceptors (Lipinski definition) is 8. The highest BCUT2D eigenvalue weighted by Gasteiger charge is 2.51. The van der Waals surface area contributed by atoms with Crippen molar-refractivity contribution in [3.63, 3.8) is 0 Å². The van der Waals surface area contributed by atoms with Crippen molar-refractivity contribution in [1.82, 2.24) is 14.1 Å². The molecule has 230 valence electrons. The van der Waals surface area contributed by atoms with Gasteiger partial charge in [-0.3, -0.25) is 9.69 Å². The second-order valence-corrected chi connectivity index (χ2v) is 12.2. The van der Waals surface area contributed by atoms with Crippen LogP contribution in [0.3, 0.4) is 0 Å². The molecule has 1 amide bonds. The molecule has 2 aliphatic rings. The van der Waals surface area contributed by atoms with Crippen molar-refractivity contribution in [3.8, 4) is 0 Å². The average Bonchev–Trinajstić information content (AvgIpc) is 2.93. The lowest BCUT2D eigenvalue weighted by Crippen LogP contribution is -2.43.